The van der Waals surface area contributed by atoms with Crippen molar-refractivity contribution in [3.8, 4) is 0 Å². The van der Waals surface area contributed by atoms with Crippen molar-refractivity contribution in [3.05, 3.63) is 0 Å². The number of hydrogen-bond donors (Lipinski definition) is 1. The molecule has 2 fully saturated rings. The molecule has 2 nitrogen and oxygen atoms in total. The van der Waals surface area contributed by atoms with E-state index in [-0.39, 0.29) is 24.1 Å². The maximum atomic E-state index is 9.19. The summed E-state index contributed by atoms with van der Waals surface area (Å²) < 4.78 is 0. The molecule has 0 aliphatic carbocycles. The van der Waals surface area contributed by atoms with Crippen molar-refractivity contribution < 1.29 is 23.7 Å². The van der Waals surface area contributed by atoms with Crippen LogP contribution in [0, 0.1) is 0 Å². The van der Waals surface area contributed by atoms with Gasteiger partial charge in [0.2, 0.25) is 0 Å². The quantitative estimate of drug-likeness (QED) is 0.657. The molecule has 0 aromatic heterocycles. The average molecular weight is 192 g/mol. The molecule has 0 amide bonds. The smallest absolute Gasteiger partial charge is 0.0615 e. The molecular formula is C8H15NOV. The third-order valence-corrected chi connectivity index (χ3v) is 3.11. The van der Waals surface area contributed by atoms with Crippen molar-refractivity contribution in [2.45, 2.75) is 31.2 Å². The third-order valence-electron chi connectivity index (χ3n) is 3.11. The summed E-state index contributed by atoms with van der Waals surface area (Å²) in [4.78, 5) is 2.47. The van der Waals surface area contributed by atoms with Crippen LogP contribution < -0.4 is 0 Å². The van der Waals surface area contributed by atoms with E-state index in [2.05, 4.69) is 4.90 Å². The Hall–Kier alpha value is 0.504. The largest absolute Gasteiger partial charge is 0.394 e. The van der Waals surface area contributed by atoms with E-state index >= 15 is 0 Å². The number of fused-ring (bicyclic) bond motifs is 1. The fraction of sp³-hybridized carbons (Fsp3) is 1.00. The molecule has 2 heterocycles. The van der Waals surface area contributed by atoms with Crippen LogP contribution in [0.5, 0.6) is 0 Å². The zero-order chi connectivity index (χ0) is 7.03. The molecule has 0 spiro atoms. The molecule has 1 radical (unpaired) electrons. The molecule has 2 aliphatic heterocycles. The zero-order valence-electron chi connectivity index (χ0n) is 6.79. The van der Waals surface area contributed by atoms with Gasteiger partial charge in [-0.05, 0) is 38.8 Å². The topological polar surface area (TPSA) is 23.5 Å². The van der Waals surface area contributed by atoms with Gasteiger partial charge in [0.25, 0.3) is 0 Å². The maximum absolute atomic E-state index is 9.19. The van der Waals surface area contributed by atoms with Gasteiger partial charge in [0.15, 0.2) is 0 Å². The van der Waals surface area contributed by atoms with Crippen molar-refractivity contribution in [1.29, 1.82) is 0 Å². The van der Waals surface area contributed by atoms with E-state index in [4.69, 9.17) is 0 Å². The van der Waals surface area contributed by atoms with E-state index in [0.717, 1.165) is 0 Å². The van der Waals surface area contributed by atoms with E-state index in [1.807, 2.05) is 0 Å². The number of nitrogens with zero attached hydrogens (tertiary/aromatic N) is 1. The summed E-state index contributed by atoms with van der Waals surface area (Å²) in [6.45, 7) is 2.83. The van der Waals surface area contributed by atoms with Gasteiger partial charge in [-0.3, -0.25) is 4.90 Å². The van der Waals surface area contributed by atoms with E-state index < -0.39 is 0 Å². The van der Waals surface area contributed by atoms with Gasteiger partial charge < -0.3 is 5.11 Å². The van der Waals surface area contributed by atoms with Crippen molar-refractivity contribution in [2.75, 3.05) is 19.7 Å². The van der Waals surface area contributed by atoms with Crippen molar-refractivity contribution >= 4 is 0 Å². The Balaban J connectivity index is 0.000000605. The minimum absolute atomic E-state index is 0. The maximum Gasteiger partial charge on any atom is 0.0615 e. The first-order chi connectivity index (χ1) is 4.87. The summed E-state index contributed by atoms with van der Waals surface area (Å²) in [5.74, 6) is 0. The van der Waals surface area contributed by atoms with Crippen LogP contribution in [-0.4, -0.2) is 35.2 Å². The Morgan fingerprint density at radius 1 is 1.18 bits per heavy atom. The number of hydrogen-bond acceptors (Lipinski definition) is 2. The van der Waals surface area contributed by atoms with Crippen LogP contribution in [0.3, 0.4) is 0 Å². The fourth-order valence-corrected chi connectivity index (χ4v) is 2.48. The SMILES string of the molecule is OCC12CCCN1CCC2.[V]. The van der Waals surface area contributed by atoms with Crippen LogP contribution in [0.25, 0.3) is 0 Å². The molecule has 2 aliphatic rings. The predicted octanol–water partition coefficient (Wildman–Crippen LogP) is 0.605. The Kier molecular flexibility index (Phi) is 3.04. The van der Waals surface area contributed by atoms with Gasteiger partial charge in [-0.2, -0.15) is 0 Å². The van der Waals surface area contributed by atoms with Crippen LogP contribution in [-0.2, 0) is 18.6 Å². The number of aliphatic hydroxyl groups is 1. The normalized spacial score (nSPS) is 28.1. The van der Waals surface area contributed by atoms with Crippen LogP contribution in [0.4, 0.5) is 0 Å². The average Bonchev–Trinajstić information content (AvgIpc) is 2.42. The predicted molar refractivity (Wildman–Crippen MR) is 39.9 cm³/mol. The molecule has 3 heteroatoms. The van der Waals surface area contributed by atoms with E-state index in [0.29, 0.717) is 6.61 Å². The molecule has 0 aromatic rings. The number of rotatable bonds is 1. The van der Waals surface area contributed by atoms with Crippen molar-refractivity contribution in [2.24, 2.45) is 0 Å². The second-order valence-electron chi connectivity index (χ2n) is 3.58. The molecule has 0 saturated carbocycles. The molecule has 63 valence electrons. The summed E-state index contributed by atoms with van der Waals surface area (Å²) in [5.41, 5.74) is 0.236. The molecule has 2 saturated heterocycles. The fourth-order valence-electron chi connectivity index (χ4n) is 2.48. The summed E-state index contributed by atoms with van der Waals surface area (Å²) >= 11 is 0. The van der Waals surface area contributed by atoms with Crippen LogP contribution in [0.1, 0.15) is 25.7 Å². The molecule has 0 atom stereocenters. The van der Waals surface area contributed by atoms with Crippen LogP contribution in [0.15, 0.2) is 0 Å². The molecule has 1 N–H and O–H groups in total. The van der Waals surface area contributed by atoms with E-state index in [1.165, 1.54) is 38.8 Å². The first-order valence-corrected chi connectivity index (χ1v) is 4.23. The van der Waals surface area contributed by atoms with Crippen molar-refractivity contribution in [1.82, 2.24) is 4.90 Å². The third kappa shape index (κ3) is 1.38. The summed E-state index contributed by atoms with van der Waals surface area (Å²) in [5, 5.41) is 9.19. The summed E-state index contributed by atoms with van der Waals surface area (Å²) in [7, 11) is 0. The Morgan fingerprint density at radius 2 is 1.73 bits per heavy atom. The van der Waals surface area contributed by atoms with Gasteiger partial charge in [-0.15, -0.1) is 0 Å². The Bertz CT molecular complexity index is 130. The standard InChI is InChI=1S/C8H15NO.V/c10-7-8-3-1-5-9(8)6-2-4-8;/h10H,1-7H2;. The molecule has 11 heavy (non-hydrogen) atoms. The first kappa shape index (κ1) is 9.59. The van der Waals surface area contributed by atoms with E-state index in [1.54, 1.807) is 0 Å². The second kappa shape index (κ2) is 3.48. The molecular weight excluding hydrogens is 177 g/mol. The van der Waals surface area contributed by atoms with Gasteiger partial charge >= 0.3 is 0 Å². The van der Waals surface area contributed by atoms with Crippen LogP contribution >= 0.6 is 0 Å². The summed E-state index contributed by atoms with van der Waals surface area (Å²) in [6, 6.07) is 0. The molecule has 0 unspecified atom stereocenters. The Labute approximate surface area is 79.8 Å². The zero-order valence-corrected chi connectivity index (χ0v) is 8.19. The molecule has 0 aromatic carbocycles. The first-order valence-electron chi connectivity index (χ1n) is 4.23. The molecule has 2 rings (SSSR count). The molecule has 0 bridgehead atoms. The minimum Gasteiger partial charge on any atom is -0.394 e. The van der Waals surface area contributed by atoms with Gasteiger partial charge in [-0.25, -0.2) is 0 Å². The monoisotopic (exact) mass is 192 g/mol. The summed E-state index contributed by atoms with van der Waals surface area (Å²) in [6.07, 6.45) is 5.04. The van der Waals surface area contributed by atoms with Gasteiger partial charge in [-0.1, -0.05) is 0 Å². The van der Waals surface area contributed by atoms with Gasteiger partial charge in [0, 0.05) is 24.1 Å². The minimum atomic E-state index is 0. The second-order valence-corrected chi connectivity index (χ2v) is 3.58. The van der Waals surface area contributed by atoms with Crippen molar-refractivity contribution in [3.63, 3.8) is 0 Å². The van der Waals surface area contributed by atoms with Crippen LogP contribution in [0.2, 0.25) is 0 Å². The Morgan fingerprint density at radius 3 is 2.09 bits per heavy atom. The number of aliphatic hydroxyl groups excluding tert-OH is 1. The van der Waals surface area contributed by atoms with Gasteiger partial charge in [0.05, 0.1) is 6.61 Å². The van der Waals surface area contributed by atoms with E-state index in [9.17, 15) is 5.11 Å². The van der Waals surface area contributed by atoms with Gasteiger partial charge in [0.1, 0.15) is 0 Å².